The van der Waals surface area contributed by atoms with E-state index in [1.165, 1.54) is 0 Å². The highest BCUT2D eigenvalue weighted by atomic mass is 28.4. The van der Waals surface area contributed by atoms with E-state index >= 15 is 0 Å². The van der Waals surface area contributed by atoms with Crippen molar-refractivity contribution in [1.82, 2.24) is 0 Å². The molecule has 0 aliphatic rings. The van der Waals surface area contributed by atoms with Gasteiger partial charge < -0.3 is 18.0 Å². The summed E-state index contributed by atoms with van der Waals surface area (Å²) in [5.41, 5.74) is 1.09. The minimum absolute atomic E-state index is 0.0450. The van der Waals surface area contributed by atoms with E-state index < -0.39 is 8.80 Å². The molecule has 1 unspecified atom stereocenters. The van der Waals surface area contributed by atoms with Gasteiger partial charge in [-0.2, -0.15) is 0 Å². The molecule has 0 aromatic heterocycles. The Hall–Kier alpha value is -1.39. The van der Waals surface area contributed by atoms with Gasteiger partial charge in [0.1, 0.15) is 5.75 Å². The number of hydrogen-bond acceptors (Lipinski definition) is 5. The van der Waals surface area contributed by atoms with Crippen molar-refractivity contribution in [3.8, 4) is 12.0 Å². The molecule has 5 nitrogen and oxygen atoms in total. The maximum absolute atomic E-state index is 8.46. The first-order valence-electron chi connectivity index (χ1n) is 5.98. The van der Waals surface area contributed by atoms with Crippen molar-refractivity contribution in [1.29, 1.82) is 5.26 Å². The van der Waals surface area contributed by atoms with Crippen LogP contribution in [0.15, 0.2) is 24.3 Å². The molecule has 0 aliphatic heterocycles. The van der Waals surface area contributed by atoms with Crippen LogP contribution < -0.4 is 4.74 Å². The van der Waals surface area contributed by atoms with Gasteiger partial charge in [0.05, 0.1) is 5.54 Å². The Morgan fingerprint density at radius 2 is 1.63 bits per heavy atom. The number of ether oxygens (including phenoxy) is 1. The van der Waals surface area contributed by atoms with Gasteiger partial charge in [0, 0.05) is 21.3 Å². The predicted molar refractivity (Wildman–Crippen MR) is 72.5 cm³/mol. The number of nitrogens with zero attached hydrogens (tertiary/aromatic N) is 1. The lowest BCUT2D eigenvalue weighted by molar-refractivity contribution is 0.111. The normalized spacial score (nSPS) is 12.8. The Morgan fingerprint density at radius 3 is 2.00 bits per heavy atom. The van der Waals surface area contributed by atoms with Gasteiger partial charge in [0.25, 0.3) is 6.26 Å². The molecule has 6 heteroatoms. The Balaban J connectivity index is 3.05. The van der Waals surface area contributed by atoms with Crippen LogP contribution in [0, 0.1) is 11.5 Å². The van der Waals surface area contributed by atoms with Crippen LogP contribution in [0.2, 0.25) is 0 Å². The summed E-state index contributed by atoms with van der Waals surface area (Å²) in [5, 5.41) is 8.46. The van der Waals surface area contributed by atoms with E-state index in [1.54, 1.807) is 39.7 Å². The highest BCUT2D eigenvalue weighted by molar-refractivity contribution is 6.62. The standard InChI is InChI=1S/C13H19NO4Si/c1-5-13(19(15-2,16-3)17-4)11-6-8-12(9-7-11)18-10-14/h6-9,13H,5H2,1-4H3. The van der Waals surface area contributed by atoms with Crippen molar-refractivity contribution in [3.05, 3.63) is 29.8 Å². The van der Waals surface area contributed by atoms with E-state index in [2.05, 4.69) is 6.92 Å². The molecule has 19 heavy (non-hydrogen) atoms. The van der Waals surface area contributed by atoms with Crippen molar-refractivity contribution >= 4 is 8.80 Å². The fourth-order valence-electron chi connectivity index (χ4n) is 2.19. The quantitative estimate of drug-likeness (QED) is 0.567. The van der Waals surface area contributed by atoms with Gasteiger partial charge in [-0.15, -0.1) is 5.26 Å². The molecule has 1 atom stereocenters. The van der Waals surface area contributed by atoms with Gasteiger partial charge in [0.15, 0.2) is 0 Å². The number of nitriles is 1. The maximum atomic E-state index is 8.46. The topological polar surface area (TPSA) is 60.7 Å². The summed E-state index contributed by atoms with van der Waals surface area (Å²) >= 11 is 0. The van der Waals surface area contributed by atoms with Gasteiger partial charge in [-0.05, 0) is 24.1 Å². The molecule has 0 heterocycles. The van der Waals surface area contributed by atoms with Crippen LogP contribution in [-0.2, 0) is 13.3 Å². The van der Waals surface area contributed by atoms with E-state index in [4.69, 9.17) is 23.3 Å². The van der Waals surface area contributed by atoms with Crippen molar-refractivity contribution in [2.24, 2.45) is 0 Å². The summed E-state index contributed by atoms with van der Waals surface area (Å²) in [6.45, 7) is 2.06. The second-order valence-corrected chi connectivity index (χ2v) is 7.07. The van der Waals surface area contributed by atoms with Gasteiger partial charge in [-0.25, -0.2) is 0 Å². The number of benzene rings is 1. The molecule has 0 saturated carbocycles. The molecule has 1 aromatic rings. The predicted octanol–water partition coefficient (Wildman–Crippen LogP) is 2.46. The van der Waals surface area contributed by atoms with Crippen LogP contribution in [0.5, 0.6) is 5.75 Å². The Bertz CT molecular complexity index is 417. The van der Waals surface area contributed by atoms with E-state index in [9.17, 15) is 0 Å². The third kappa shape index (κ3) is 3.33. The van der Waals surface area contributed by atoms with Crippen molar-refractivity contribution < 1.29 is 18.0 Å². The first-order chi connectivity index (χ1) is 9.17. The zero-order chi connectivity index (χ0) is 14.3. The van der Waals surface area contributed by atoms with E-state index in [0.717, 1.165) is 12.0 Å². The molecule has 0 radical (unpaired) electrons. The summed E-state index contributed by atoms with van der Waals surface area (Å²) in [5.74, 6) is 0.514. The molecule has 0 fully saturated rings. The molecule has 1 rings (SSSR count). The fourth-order valence-corrected chi connectivity index (χ4v) is 4.64. The van der Waals surface area contributed by atoms with Crippen molar-refractivity contribution in [2.75, 3.05) is 21.3 Å². The van der Waals surface area contributed by atoms with Crippen LogP contribution in [0.4, 0.5) is 0 Å². The molecule has 0 spiro atoms. The zero-order valence-electron chi connectivity index (χ0n) is 11.7. The Labute approximate surface area is 115 Å². The van der Waals surface area contributed by atoms with E-state index in [1.807, 2.05) is 12.1 Å². The molecule has 0 saturated heterocycles. The smallest absolute Gasteiger partial charge is 0.388 e. The van der Waals surface area contributed by atoms with E-state index in [0.29, 0.717) is 5.75 Å². The molecular formula is C13H19NO4Si. The average Bonchev–Trinajstić information content (AvgIpc) is 2.46. The number of hydrogen-bond donors (Lipinski definition) is 0. The van der Waals surface area contributed by atoms with Gasteiger partial charge >= 0.3 is 8.80 Å². The summed E-state index contributed by atoms with van der Waals surface area (Å²) < 4.78 is 21.4. The SMILES string of the molecule is CCC(c1ccc(OC#N)cc1)[Si](OC)(OC)OC. The highest BCUT2D eigenvalue weighted by Gasteiger charge is 2.47. The first-order valence-corrected chi connectivity index (χ1v) is 7.79. The Morgan fingerprint density at radius 1 is 1.11 bits per heavy atom. The second-order valence-electron chi connectivity index (χ2n) is 3.94. The minimum atomic E-state index is -2.73. The molecule has 0 aliphatic carbocycles. The van der Waals surface area contributed by atoms with Gasteiger partial charge in [-0.3, -0.25) is 0 Å². The monoisotopic (exact) mass is 281 g/mol. The average molecular weight is 281 g/mol. The van der Waals surface area contributed by atoms with Crippen LogP contribution in [0.25, 0.3) is 0 Å². The first kappa shape index (κ1) is 15.7. The molecule has 0 N–H and O–H groups in total. The molecule has 1 aromatic carbocycles. The second kappa shape index (κ2) is 7.26. The molecule has 0 bridgehead atoms. The van der Waals surface area contributed by atoms with Crippen molar-refractivity contribution in [2.45, 2.75) is 18.9 Å². The highest BCUT2D eigenvalue weighted by Crippen LogP contribution is 2.32. The van der Waals surface area contributed by atoms with Crippen molar-refractivity contribution in [3.63, 3.8) is 0 Å². The Kier molecular flexibility index (Phi) is 5.98. The van der Waals surface area contributed by atoms with Crippen LogP contribution in [-0.4, -0.2) is 30.1 Å². The fraction of sp³-hybridized carbons (Fsp3) is 0.462. The van der Waals surface area contributed by atoms with E-state index in [-0.39, 0.29) is 5.54 Å². The lowest BCUT2D eigenvalue weighted by atomic mass is 10.1. The lowest BCUT2D eigenvalue weighted by Gasteiger charge is -2.32. The maximum Gasteiger partial charge on any atom is 0.508 e. The van der Waals surface area contributed by atoms with Crippen LogP contribution in [0.3, 0.4) is 0 Å². The van der Waals surface area contributed by atoms with Crippen LogP contribution in [0.1, 0.15) is 24.4 Å². The van der Waals surface area contributed by atoms with Gasteiger partial charge in [-0.1, -0.05) is 19.1 Å². The number of rotatable bonds is 7. The summed E-state index contributed by atoms with van der Waals surface area (Å²) in [6, 6.07) is 7.31. The van der Waals surface area contributed by atoms with Gasteiger partial charge in [0.2, 0.25) is 0 Å². The molecule has 104 valence electrons. The lowest BCUT2D eigenvalue weighted by Crippen LogP contribution is -2.49. The third-order valence-electron chi connectivity index (χ3n) is 3.13. The molecular weight excluding hydrogens is 262 g/mol. The summed E-state index contributed by atoms with van der Waals surface area (Å²) in [7, 11) is 2.09. The zero-order valence-corrected chi connectivity index (χ0v) is 12.7. The largest absolute Gasteiger partial charge is 0.508 e. The van der Waals surface area contributed by atoms with Crippen LogP contribution >= 0.6 is 0 Å². The third-order valence-corrected chi connectivity index (χ3v) is 6.44. The molecule has 0 amide bonds. The minimum Gasteiger partial charge on any atom is -0.388 e. The summed E-state index contributed by atoms with van der Waals surface area (Å²) in [4.78, 5) is 0. The summed E-state index contributed by atoms with van der Waals surface area (Å²) in [6.07, 6.45) is 2.48.